The summed E-state index contributed by atoms with van der Waals surface area (Å²) in [6.07, 6.45) is 1.49. The van der Waals surface area contributed by atoms with Crippen LogP contribution in [0.15, 0.2) is 58.4 Å². The summed E-state index contributed by atoms with van der Waals surface area (Å²) < 4.78 is 37.8. The molecule has 3 rings (SSSR count). The maximum absolute atomic E-state index is 12.8. The van der Waals surface area contributed by atoms with Crippen LogP contribution >= 0.6 is 11.3 Å². The van der Waals surface area contributed by atoms with Crippen LogP contribution in [0.3, 0.4) is 0 Å². The number of ether oxygens (including phenoxy) is 2. The van der Waals surface area contributed by atoms with Crippen LogP contribution in [0.2, 0.25) is 0 Å². The molecule has 0 aliphatic carbocycles. The first-order valence-corrected chi connectivity index (χ1v) is 9.74. The van der Waals surface area contributed by atoms with E-state index >= 15 is 0 Å². The molecule has 0 saturated carbocycles. The van der Waals surface area contributed by atoms with Crippen LogP contribution in [0.4, 0.5) is 0 Å². The topological polar surface area (TPSA) is 112 Å². The smallest absolute Gasteiger partial charge is 0.308 e. The molecule has 136 valence electrons. The average Bonchev–Trinajstić information content (AvgIpc) is 3.20. The Bertz CT molecular complexity index is 983. The van der Waals surface area contributed by atoms with E-state index in [0.717, 1.165) is 18.3 Å². The number of nitrogens with one attached hydrogen (secondary N) is 1. The molecule has 2 heterocycles. The van der Waals surface area contributed by atoms with Crippen molar-refractivity contribution in [2.45, 2.75) is 24.3 Å². The molecular weight excluding hydrogens is 380 g/mol. The summed E-state index contributed by atoms with van der Waals surface area (Å²) in [5.41, 5.74) is -1.59. The second-order valence-electron chi connectivity index (χ2n) is 5.47. The van der Waals surface area contributed by atoms with E-state index in [9.17, 15) is 18.0 Å². The quantitative estimate of drug-likeness (QED) is 0.768. The van der Waals surface area contributed by atoms with Gasteiger partial charge < -0.3 is 9.47 Å². The van der Waals surface area contributed by atoms with Crippen LogP contribution in [0.25, 0.3) is 0 Å². The number of benzene rings is 1. The molecule has 1 atom stereocenters. The highest BCUT2D eigenvalue weighted by Crippen LogP contribution is 2.39. The van der Waals surface area contributed by atoms with Crippen molar-refractivity contribution in [3.8, 4) is 0 Å². The Balaban J connectivity index is 2.00. The zero-order valence-electron chi connectivity index (χ0n) is 13.8. The number of carbonyl (C=O) groups excluding carboxylic acids is 2. The summed E-state index contributed by atoms with van der Waals surface area (Å²) in [4.78, 5) is 28.2. The second kappa shape index (κ2) is 6.54. The van der Waals surface area contributed by atoms with E-state index in [1.807, 2.05) is 0 Å². The monoisotopic (exact) mass is 394 g/mol. The van der Waals surface area contributed by atoms with E-state index in [2.05, 4.69) is 9.71 Å². The van der Waals surface area contributed by atoms with Crippen molar-refractivity contribution in [3.63, 3.8) is 0 Å². The Labute approximate surface area is 153 Å². The summed E-state index contributed by atoms with van der Waals surface area (Å²) in [6, 6.07) is 7.53. The number of rotatable bonds is 5. The zero-order chi connectivity index (χ0) is 18.9. The standard InChI is InChI=1S/C16H14N2O6S2/c1-10(19)23-12-13(20)16(2,15-17-8-9-25-15)24-14(12)18-26(21,22)11-6-4-3-5-7-11/h3-9,18H,1-2H3. The van der Waals surface area contributed by atoms with Crippen LogP contribution < -0.4 is 4.72 Å². The van der Waals surface area contributed by atoms with Gasteiger partial charge in [-0.3, -0.25) is 9.59 Å². The van der Waals surface area contributed by atoms with Gasteiger partial charge in [0.25, 0.3) is 21.7 Å². The van der Waals surface area contributed by atoms with Crippen LogP contribution in [0.1, 0.15) is 18.9 Å². The minimum Gasteiger partial charge on any atom is -0.453 e. The van der Waals surface area contributed by atoms with Gasteiger partial charge in [0.15, 0.2) is 0 Å². The Morgan fingerprint density at radius 2 is 2.00 bits per heavy atom. The van der Waals surface area contributed by atoms with E-state index in [1.54, 1.807) is 23.6 Å². The van der Waals surface area contributed by atoms with Crippen LogP contribution in [0, 0.1) is 0 Å². The van der Waals surface area contributed by atoms with Crippen LogP contribution in [-0.2, 0) is 34.7 Å². The molecule has 2 aromatic rings. The minimum atomic E-state index is -4.05. The average molecular weight is 394 g/mol. The van der Waals surface area contributed by atoms with E-state index in [1.165, 1.54) is 25.3 Å². The number of sulfonamides is 1. The lowest BCUT2D eigenvalue weighted by atomic mass is 10.0. The van der Waals surface area contributed by atoms with Gasteiger partial charge >= 0.3 is 5.97 Å². The third-order valence-corrected chi connectivity index (χ3v) is 5.84. The maximum Gasteiger partial charge on any atom is 0.308 e. The molecule has 26 heavy (non-hydrogen) atoms. The third-order valence-electron chi connectivity index (χ3n) is 3.52. The number of hydrogen-bond acceptors (Lipinski definition) is 8. The third kappa shape index (κ3) is 3.20. The Hall–Kier alpha value is -2.72. The highest BCUT2D eigenvalue weighted by Gasteiger charge is 2.52. The lowest BCUT2D eigenvalue weighted by molar-refractivity contribution is -0.142. The van der Waals surface area contributed by atoms with Gasteiger partial charge in [0.2, 0.25) is 11.4 Å². The molecule has 0 fully saturated rings. The van der Waals surface area contributed by atoms with Crippen molar-refractivity contribution in [2.75, 3.05) is 0 Å². The first kappa shape index (κ1) is 18.1. The van der Waals surface area contributed by atoms with Gasteiger partial charge in [0.1, 0.15) is 5.01 Å². The van der Waals surface area contributed by atoms with Gasteiger partial charge in [0, 0.05) is 18.5 Å². The SMILES string of the molecule is CC(=O)OC1=C(NS(=O)(=O)c2ccccc2)OC(C)(c2nccs2)C1=O. The highest BCUT2D eigenvalue weighted by atomic mass is 32.2. The summed E-state index contributed by atoms with van der Waals surface area (Å²) in [5, 5.41) is 1.95. The summed E-state index contributed by atoms with van der Waals surface area (Å²) in [7, 11) is -4.05. The Morgan fingerprint density at radius 3 is 2.58 bits per heavy atom. The van der Waals surface area contributed by atoms with Crippen molar-refractivity contribution >= 4 is 33.1 Å². The summed E-state index contributed by atoms with van der Waals surface area (Å²) >= 11 is 1.16. The van der Waals surface area contributed by atoms with E-state index < -0.39 is 39.0 Å². The van der Waals surface area contributed by atoms with E-state index in [4.69, 9.17) is 9.47 Å². The van der Waals surface area contributed by atoms with E-state index in [0.29, 0.717) is 5.01 Å². The van der Waals surface area contributed by atoms with Crippen molar-refractivity contribution in [1.29, 1.82) is 0 Å². The van der Waals surface area contributed by atoms with Crippen LogP contribution in [0.5, 0.6) is 0 Å². The maximum atomic E-state index is 12.8. The molecule has 10 heteroatoms. The predicted molar refractivity (Wildman–Crippen MR) is 91.1 cm³/mol. The van der Waals surface area contributed by atoms with Gasteiger partial charge in [0.05, 0.1) is 4.90 Å². The highest BCUT2D eigenvalue weighted by molar-refractivity contribution is 7.89. The normalized spacial score (nSPS) is 20.0. The molecule has 1 aliphatic heterocycles. The Morgan fingerprint density at radius 1 is 1.31 bits per heavy atom. The molecule has 1 aromatic carbocycles. The van der Waals surface area contributed by atoms with Gasteiger partial charge in [-0.05, 0) is 19.1 Å². The van der Waals surface area contributed by atoms with Crippen molar-refractivity contribution in [1.82, 2.24) is 9.71 Å². The minimum absolute atomic E-state index is 0.0337. The number of hydrogen-bond donors (Lipinski definition) is 1. The summed E-state index contributed by atoms with van der Waals surface area (Å²) in [6.45, 7) is 2.53. The fraction of sp³-hybridized carbons (Fsp3) is 0.188. The molecule has 1 N–H and O–H groups in total. The fourth-order valence-electron chi connectivity index (χ4n) is 2.30. The molecule has 1 aliphatic rings. The Kier molecular flexibility index (Phi) is 4.55. The molecule has 0 amide bonds. The molecular formula is C16H14N2O6S2. The fourth-order valence-corrected chi connectivity index (χ4v) is 4.04. The largest absolute Gasteiger partial charge is 0.453 e. The number of thiazole rings is 1. The lowest BCUT2D eigenvalue weighted by Gasteiger charge is -2.20. The number of esters is 1. The molecule has 0 spiro atoms. The zero-order valence-corrected chi connectivity index (χ0v) is 15.4. The number of aromatic nitrogens is 1. The van der Waals surface area contributed by atoms with Gasteiger partial charge in [-0.2, -0.15) is 0 Å². The van der Waals surface area contributed by atoms with Crippen molar-refractivity contribution < 1.29 is 27.5 Å². The van der Waals surface area contributed by atoms with Gasteiger partial charge in [-0.25, -0.2) is 18.1 Å². The molecule has 0 saturated heterocycles. The first-order valence-electron chi connectivity index (χ1n) is 7.38. The van der Waals surface area contributed by atoms with Crippen molar-refractivity contribution in [2.24, 2.45) is 0 Å². The van der Waals surface area contributed by atoms with Gasteiger partial charge in [-0.1, -0.05) is 18.2 Å². The lowest BCUT2D eigenvalue weighted by Crippen LogP contribution is -2.32. The predicted octanol–water partition coefficient (Wildman–Crippen LogP) is 1.67. The van der Waals surface area contributed by atoms with Crippen LogP contribution in [-0.4, -0.2) is 25.2 Å². The number of nitrogens with zero attached hydrogens (tertiary/aromatic N) is 1. The number of ketones is 1. The molecule has 1 aromatic heterocycles. The first-order chi connectivity index (χ1) is 12.2. The van der Waals surface area contributed by atoms with Gasteiger partial charge in [-0.15, -0.1) is 11.3 Å². The van der Waals surface area contributed by atoms with E-state index in [-0.39, 0.29) is 4.90 Å². The molecule has 8 nitrogen and oxygen atoms in total. The number of Topliss-reactive ketones (excluding diaryl/α,β-unsaturated/α-hetero) is 1. The van der Waals surface area contributed by atoms with Crippen molar-refractivity contribution in [3.05, 3.63) is 58.6 Å². The molecule has 1 unspecified atom stereocenters. The molecule has 0 radical (unpaired) electrons. The summed E-state index contributed by atoms with van der Waals surface area (Å²) in [5.74, 6) is -2.44. The second-order valence-corrected chi connectivity index (χ2v) is 8.05. The molecule has 0 bridgehead atoms. The number of carbonyl (C=O) groups is 2.